The molecule has 0 aromatic heterocycles. The fourth-order valence-electron chi connectivity index (χ4n) is 0.471. The number of nitrogens with zero attached hydrogens (tertiary/aromatic N) is 2. The quantitative estimate of drug-likeness (QED) is 0.497. The van der Waals surface area contributed by atoms with Crippen molar-refractivity contribution in [1.29, 1.82) is 5.26 Å². The summed E-state index contributed by atoms with van der Waals surface area (Å²) < 4.78 is 29.1. The molecule has 0 radical (unpaired) electrons. The zero-order valence-electron chi connectivity index (χ0n) is 8.89. The topological polar surface area (TPSA) is 28.1 Å². The minimum atomic E-state index is -0.487. The van der Waals surface area contributed by atoms with Crippen LogP contribution in [0.5, 0.6) is 0 Å². The van der Waals surface area contributed by atoms with Crippen LogP contribution in [0.4, 0.5) is 5.69 Å². The van der Waals surface area contributed by atoms with Crippen molar-refractivity contribution in [2.24, 2.45) is 0 Å². The molecule has 10 heavy (non-hydrogen) atoms. The van der Waals surface area contributed by atoms with Gasteiger partial charge >= 0.3 is 0 Å². The second-order valence-corrected chi connectivity index (χ2v) is 1.45. The normalized spacial score (nSPS) is 13.4. The molecule has 0 spiro atoms. The molecule has 0 aliphatic heterocycles. The summed E-state index contributed by atoms with van der Waals surface area (Å²) in [5, 5.41) is 8.63. The van der Waals surface area contributed by atoms with Gasteiger partial charge in [-0.3, -0.25) is 0 Å². The lowest BCUT2D eigenvalue weighted by atomic mass is 10.2. The van der Waals surface area contributed by atoms with Crippen molar-refractivity contribution in [3.05, 3.63) is 41.2 Å². The molecule has 0 bridgehead atoms. The second kappa shape index (κ2) is 2.66. The van der Waals surface area contributed by atoms with E-state index in [1.54, 1.807) is 6.07 Å². The van der Waals surface area contributed by atoms with Crippen molar-refractivity contribution < 1.29 is 5.48 Å². The summed E-state index contributed by atoms with van der Waals surface area (Å²) in [6.07, 6.45) is 0. The van der Waals surface area contributed by atoms with E-state index in [-0.39, 0.29) is 11.3 Å². The van der Waals surface area contributed by atoms with Crippen LogP contribution in [0.2, 0.25) is 0 Å². The van der Waals surface area contributed by atoms with Crippen LogP contribution in [-0.4, -0.2) is 0 Å². The zero-order chi connectivity index (χ0) is 10.9. The van der Waals surface area contributed by atoms with Gasteiger partial charge in [0.15, 0.2) is 0 Å². The summed E-state index contributed by atoms with van der Waals surface area (Å²) in [6, 6.07) is -0.294. The highest BCUT2D eigenvalue weighted by Gasteiger charge is 1.95. The summed E-state index contributed by atoms with van der Waals surface area (Å²) in [6.45, 7) is 6.72. The summed E-state index contributed by atoms with van der Waals surface area (Å²) in [5.74, 6) is 0. The Labute approximate surface area is 64.8 Å². The molecule has 0 amide bonds. The Kier molecular flexibility index (Phi) is 0.760. The highest BCUT2D eigenvalue weighted by Crippen LogP contribution is 2.16. The van der Waals surface area contributed by atoms with E-state index in [9.17, 15) is 0 Å². The van der Waals surface area contributed by atoms with E-state index >= 15 is 0 Å². The van der Waals surface area contributed by atoms with Crippen LogP contribution in [0.1, 0.15) is 11.0 Å². The van der Waals surface area contributed by atoms with Gasteiger partial charge in [0.05, 0.1) is 22.3 Å². The zero-order valence-corrected chi connectivity index (χ0v) is 4.89. The smallest absolute Gasteiger partial charge is 0.204 e. The van der Waals surface area contributed by atoms with Crippen LogP contribution in [0, 0.1) is 17.9 Å². The first-order valence-electron chi connectivity index (χ1n) is 4.42. The van der Waals surface area contributed by atoms with E-state index in [4.69, 9.17) is 17.3 Å². The van der Waals surface area contributed by atoms with Gasteiger partial charge in [-0.05, 0) is 0 Å². The number of para-hydroxylation sites is 1. The van der Waals surface area contributed by atoms with Crippen molar-refractivity contribution in [2.75, 3.05) is 0 Å². The van der Waals surface area contributed by atoms with E-state index in [0.29, 0.717) is 0 Å². The highest BCUT2D eigenvalue weighted by atomic mass is 14.6. The van der Waals surface area contributed by atoms with E-state index in [2.05, 4.69) is 4.85 Å². The largest absolute Gasteiger partial charge is 0.237 e. The molecular formula is C8H4N2. The SMILES string of the molecule is [2H]c1c([2H])c([2H])c([N+]#[C-])c(C#N)c1[2H]. The fourth-order valence-corrected chi connectivity index (χ4v) is 0.471. The molecule has 0 aliphatic carbocycles. The molecule has 0 heterocycles. The first-order valence-corrected chi connectivity index (χ1v) is 2.42. The summed E-state index contributed by atoms with van der Waals surface area (Å²) in [7, 11) is 0. The van der Waals surface area contributed by atoms with Crippen LogP contribution in [0.25, 0.3) is 4.85 Å². The van der Waals surface area contributed by atoms with Crippen LogP contribution in [0.3, 0.4) is 0 Å². The summed E-state index contributed by atoms with van der Waals surface area (Å²) >= 11 is 0. The van der Waals surface area contributed by atoms with E-state index in [1.807, 2.05) is 0 Å². The third-order valence-electron chi connectivity index (χ3n) is 0.891. The third-order valence-corrected chi connectivity index (χ3v) is 0.891. The first kappa shape index (κ1) is 2.86. The minimum Gasteiger partial charge on any atom is -0.237 e. The third kappa shape index (κ3) is 0.962. The highest BCUT2D eigenvalue weighted by molar-refractivity contribution is 5.57. The van der Waals surface area contributed by atoms with Crippen molar-refractivity contribution in [2.45, 2.75) is 0 Å². The molecule has 0 unspecified atom stereocenters. The Morgan fingerprint density at radius 1 is 1.60 bits per heavy atom. The van der Waals surface area contributed by atoms with Gasteiger partial charge in [0.1, 0.15) is 0 Å². The van der Waals surface area contributed by atoms with Crippen LogP contribution < -0.4 is 0 Å². The lowest BCUT2D eigenvalue weighted by molar-refractivity contribution is 1.49. The Morgan fingerprint density at radius 3 is 2.90 bits per heavy atom. The number of hydrogen-bond donors (Lipinski definition) is 0. The number of hydrogen-bond acceptors (Lipinski definition) is 1. The molecule has 0 atom stereocenters. The van der Waals surface area contributed by atoms with Crippen molar-refractivity contribution >= 4 is 5.69 Å². The molecular weight excluding hydrogens is 124 g/mol. The molecule has 1 aromatic carbocycles. The van der Waals surface area contributed by atoms with Crippen LogP contribution in [-0.2, 0) is 0 Å². The van der Waals surface area contributed by atoms with Gasteiger partial charge in [0, 0.05) is 1.37 Å². The first-order chi connectivity index (χ1) is 6.54. The Bertz CT molecular complexity index is 437. The lowest BCUT2D eigenvalue weighted by Gasteiger charge is -1.88. The molecule has 2 heteroatoms. The molecule has 1 aromatic rings. The minimum absolute atomic E-state index is 0.300. The van der Waals surface area contributed by atoms with Crippen molar-refractivity contribution in [3.8, 4) is 6.07 Å². The van der Waals surface area contributed by atoms with Gasteiger partial charge in [-0.2, -0.15) is 5.26 Å². The van der Waals surface area contributed by atoms with E-state index in [0.717, 1.165) is 0 Å². The number of nitriles is 1. The summed E-state index contributed by atoms with van der Waals surface area (Å²) in [4.78, 5) is 2.92. The molecule has 1 rings (SSSR count). The standard InChI is InChI=1S/C8H4N2/c1-10-8-5-3-2-4-7(8)6-9/h2-5H/i2D,3D,4D,5D. The number of benzene rings is 1. The van der Waals surface area contributed by atoms with Crippen LogP contribution in [0.15, 0.2) is 24.2 Å². The van der Waals surface area contributed by atoms with Crippen molar-refractivity contribution in [1.82, 2.24) is 0 Å². The van der Waals surface area contributed by atoms with Crippen molar-refractivity contribution in [3.63, 3.8) is 0 Å². The van der Waals surface area contributed by atoms with Gasteiger partial charge in [-0.1, -0.05) is 24.2 Å². The molecule has 0 saturated carbocycles. The molecule has 0 N–H and O–H groups in total. The van der Waals surface area contributed by atoms with Gasteiger partial charge in [-0.15, -0.1) is 0 Å². The van der Waals surface area contributed by atoms with E-state index < -0.39 is 24.2 Å². The van der Waals surface area contributed by atoms with Crippen LogP contribution >= 0.6 is 0 Å². The van der Waals surface area contributed by atoms with E-state index in [1.165, 1.54) is 0 Å². The average molecular weight is 132 g/mol. The van der Waals surface area contributed by atoms with Gasteiger partial charge in [0.25, 0.3) is 0 Å². The maximum absolute atomic E-state index is 8.63. The number of rotatable bonds is 0. The molecule has 46 valence electrons. The average Bonchev–Trinajstić information content (AvgIpc) is 2.20. The lowest BCUT2D eigenvalue weighted by Crippen LogP contribution is -1.70. The Balaban J connectivity index is 3.79. The molecule has 0 fully saturated rings. The van der Waals surface area contributed by atoms with Gasteiger partial charge in [-0.25, -0.2) is 4.85 Å². The maximum atomic E-state index is 8.63. The predicted octanol–water partition coefficient (Wildman–Crippen LogP) is 2.11. The Hall–Kier alpha value is -1.80. The second-order valence-electron chi connectivity index (χ2n) is 1.45. The molecule has 0 aliphatic rings. The summed E-state index contributed by atoms with van der Waals surface area (Å²) in [5.41, 5.74) is -0.621. The monoisotopic (exact) mass is 132 g/mol. The predicted molar refractivity (Wildman–Crippen MR) is 37.4 cm³/mol. The molecule has 2 nitrogen and oxygen atoms in total. The maximum Gasteiger partial charge on any atom is 0.204 e. The van der Waals surface area contributed by atoms with Gasteiger partial charge in [0.2, 0.25) is 5.69 Å². The van der Waals surface area contributed by atoms with Gasteiger partial charge < -0.3 is 0 Å². The Morgan fingerprint density at radius 2 is 2.30 bits per heavy atom. The fraction of sp³-hybridized carbons (Fsp3) is 0. The molecule has 0 saturated heterocycles.